The maximum atomic E-state index is 5.00. The predicted molar refractivity (Wildman–Crippen MR) is 136 cm³/mol. The molecule has 166 valence electrons. The lowest BCUT2D eigenvalue weighted by molar-refractivity contribution is 0.435. The maximum absolute atomic E-state index is 5.00. The Hall–Kier alpha value is -2.59. The molecule has 0 saturated carbocycles. The highest BCUT2D eigenvalue weighted by atomic mass is 15.2. The molecule has 1 saturated heterocycles. The van der Waals surface area contributed by atoms with Crippen LogP contribution in [0.3, 0.4) is 0 Å². The van der Waals surface area contributed by atoms with Crippen molar-refractivity contribution in [1.82, 2.24) is 5.32 Å². The highest BCUT2D eigenvalue weighted by molar-refractivity contribution is 6.10. The van der Waals surface area contributed by atoms with Crippen LogP contribution < -0.4 is 15.5 Å². The molecule has 2 N–H and O–H groups in total. The van der Waals surface area contributed by atoms with Crippen LogP contribution in [0, 0.1) is 11.8 Å². The fraction of sp³-hybridized carbons (Fsp3) is 0.444. The summed E-state index contributed by atoms with van der Waals surface area (Å²) in [6.45, 7) is 21.4. The fourth-order valence-corrected chi connectivity index (χ4v) is 4.67. The van der Waals surface area contributed by atoms with Gasteiger partial charge < -0.3 is 15.5 Å². The van der Waals surface area contributed by atoms with E-state index < -0.39 is 0 Å². The standard InChI is InChI=1S/C27H38N4/c1-7-21(8-2)26-25(19(4)5)18-22(9-3)27(26)30-20(6)29-23-10-12-24(13-11-23)31-16-14-28-15-17-31/h9-13,18,21,26,28-29H,4,6-8,14-17H2,1-3,5H3/b22-9-,30-27?. The average molecular weight is 419 g/mol. The van der Waals surface area contributed by atoms with Gasteiger partial charge in [-0.3, -0.25) is 0 Å². The zero-order valence-electron chi connectivity index (χ0n) is 19.7. The monoisotopic (exact) mass is 418 g/mol. The molecule has 4 nitrogen and oxygen atoms in total. The molecular formula is C27H38N4. The highest BCUT2D eigenvalue weighted by Gasteiger charge is 2.34. The van der Waals surface area contributed by atoms with Gasteiger partial charge in [0.05, 0.1) is 5.71 Å². The van der Waals surface area contributed by atoms with Crippen LogP contribution >= 0.6 is 0 Å². The summed E-state index contributed by atoms with van der Waals surface area (Å²) in [5, 5.41) is 6.80. The van der Waals surface area contributed by atoms with Crippen molar-refractivity contribution in [2.75, 3.05) is 36.4 Å². The number of hydrogen-bond acceptors (Lipinski definition) is 4. The third-order valence-corrected chi connectivity index (χ3v) is 6.45. The Balaban J connectivity index is 1.78. The Morgan fingerprint density at radius 1 is 1.19 bits per heavy atom. The number of nitrogens with one attached hydrogen (secondary N) is 2. The highest BCUT2D eigenvalue weighted by Crippen LogP contribution is 2.40. The minimum atomic E-state index is 0.285. The number of aliphatic imine (C=N–C) groups is 1. The zero-order valence-corrected chi connectivity index (χ0v) is 19.7. The zero-order chi connectivity index (χ0) is 22.4. The first-order valence-electron chi connectivity index (χ1n) is 11.6. The second-order valence-electron chi connectivity index (χ2n) is 8.53. The number of nitrogens with zero attached hydrogens (tertiary/aromatic N) is 2. The Bertz CT molecular complexity index is 878. The van der Waals surface area contributed by atoms with E-state index in [1.54, 1.807) is 0 Å². The van der Waals surface area contributed by atoms with Crippen molar-refractivity contribution < 1.29 is 0 Å². The Kier molecular flexibility index (Phi) is 7.91. The summed E-state index contributed by atoms with van der Waals surface area (Å²) < 4.78 is 0. The third-order valence-electron chi connectivity index (χ3n) is 6.45. The first kappa shape index (κ1) is 23.1. The molecule has 3 rings (SSSR count). The summed E-state index contributed by atoms with van der Waals surface area (Å²) in [5.74, 6) is 1.51. The lowest BCUT2D eigenvalue weighted by atomic mass is 9.80. The van der Waals surface area contributed by atoms with E-state index in [0.29, 0.717) is 11.7 Å². The molecule has 1 aliphatic carbocycles. The van der Waals surface area contributed by atoms with Crippen LogP contribution in [-0.2, 0) is 0 Å². The van der Waals surface area contributed by atoms with Crippen molar-refractivity contribution in [3.63, 3.8) is 0 Å². The molecule has 1 aromatic rings. The molecule has 1 heterocycles. The van der Waals surface area contributed by atoms with Crippen LogP contribution in [0.2, 0.25) is 0 Å². The van der Waals surface area contributed by atoms with Crippen molar-refractivity contribution in [3.05, 3.63) is 72.1 Å². The SMILES string of the molecule is C=C(N=C1/C(=C\C)C=C(C(=C)C)C1C(CC)CC)Nc1ccc(N2CCNCC2)cc1. The summed E-state index contributed by atoms with van der Waals surface area (Å²) >= 11 is 0. The van der Waals surface area contributed by atoms with Crippen molar-refractivity contribution in [1.29, 1.82) is 0 Å². The molecular weight excluding hydrogens is 380 g/mol. The molecule has 31 heavy (non-hydrogen) atoms. The Morgan fingerprint density at radius 3 is 2.39 bits per heavy atom. The smallest absolute Gasteiger partial charge is 0.123 e. The van der Waals surface area contributed by atoms with Crippen LogP contribution in [0.15, 0.2) is 77.1 Å². The van der Waals surface area contributed by atoms with Gasteiger partial charge in [0.2, 0.25) is 0 Å². The van der Waals surface area contributed by atoms with Gasteiger partial charge in [-0.25, -0.2) is 4.99 Å². The molecule has 4 heteroatoms. The molecule has 2 aliphatic rings. The summed E-state index contributed by atoms with van der Waals surface area (Å²) in [5.41, 5.74) is 7.02. The summed E-state index contributed by atoms with van der Waals surface area (Å²) in [4.78, 5) is 7.41. The molecule has 0 aromatic heterocycles. The molecule has 1 fully saturated rings. The van der Waals surface area contributed by atoms with E-state index in [9.17, 15) is 0 Å². The number of allylic oxidation sites excluding steroid dienone is 5. The Morgan fingerprint density at radius 2 is 1.84 bits per heavy atom. The molecule has 0 spiro atoms. The molecule has 0 amide bonds. The molecule has 1 unspecified atom stereocenters. The maximum Gasteiger partial charge on any atom is 0.123 e. The van der Waals surface area contributed by atoms with Gasteiger partial charge in [-0.05, 0) is 61.3 Å². The van der Waals surface area contributed by atoms with Crippen molar-refractivity contribution in [2.24, 2.45) is 16.8 Å². The normalized spacial score (nSPS) is 21.6. The first-order chi connectivity index (χ1) is 15.0. The molecule has 0 radical (unpaired) electrons. The van der Waals surface area contributed by atoms with Crippen molar-refractivity contribution in [3.8, 4) is 0 Å². The van der Waals surface area contributed by atoms with E-state index in [4.69, 9.17) is 4.99 Å². The average Bonchev–Trinajstić information content (AvgIpc) is 3.14. The van der Waals surface area contributed by atoms with Crippen LogP contribution in [-0.4, -0.2) is 31.9 Å². The van der Waals surface area contributed by atoms with Crippen LogP contribution in [0.4, 0.5) is 11.4 Å². The van der Waals surface area contributed by atoms with Gasteiger partial charge in [0.25, 0.3) is 0 Å². The minimum absolute atomic E-state index is 0.285. The van der Waals surface area contributed by atoms with Crippen LogP contribution in [0.1, 0.15) is 40.5 Å². The van der Waals surface area contributed by atoms with E-state index in [-0.39, 0.29) is 5.92 Å². The quantitative estimate of drug-likeness (QED) is 0.549. The van der Waals surface area contributed by atoms with Gasteiger partial charge >= 0.3 is 0 Å². The van der Waals surface area contributed by atoms with Gasteiger partial charge in [-0.15, -0.1) is 0 Å². The number of benzene rings is 1. The van der Waals surface area contributed by atoms with Crippen molar-refractivity contribution in [2.45, 2.75) is 40.5 Å². The molecule has 0 bridgehead atoms. The minimum Gasteiger partial charge on any atom is -0.369 e. The van der Waals surface area contributed by atoms with Gasteiger partial charge in [0.1, 0.15) is 5.82 Å². The van der Waals surface area contributed by atoms with E-state index in [2.05, 4.69) is 92.8 Å². The van der Waals surface area contributed by atoms with Gasteiger partial charge in [-0.2, -0.15) is 0 Å². The number of rotatable bonds is 8. The van der Waals surface area contributed by atoms with E-state index in [1.807, 2.05) is 0 Å². The fourth-order valence-electron chi connectivity index (χ4n) is 4.67. The largest absolute Gasteiger partial charge is 0.369 e. The Labute approximate surface area is 188 Å². The van der Waals surface area contributed by atoms with Gasteiger partial charge in [-0.1, -0.05) is 51.5 Å². The predicted octanol–water partition coefficient (Wildman–Crippen LogP) is 5.94. The van der Waals surface area contributed by atoms with Crippen LogP contribution in [0.5, 0.6) is 0 Å². The molecule has 1 aromatic carbocycles. The number of anilines is 2. The summed E-state index contributed by atoms with van der Waals surface area (Å²) in [7, 11) is 0. The molecule has 1 aliphatic heterocycles. The summed E-state index contributed by atoms with van der Waals surface area (Å²) in [6, 6.07) is 8.58. The van der Waals surface area contributed by atoms with E-state index in [1.165, 1.54) is 16.8 Å². The second-order valence-corrected chi connectivity index (χ2v) is 8.53. The lowest BCUT2D eigenvalue weighted by Crippen LogP contribution is -2.43. The number of piperazine rings is 1. The lowest BCUT2D eigenvalue weighted by Gasteiger charge is -2.29. The molecule has 1 atom stereocenters. The van der Waals surface area contributed by atoms with E-state index >= 15 is 0 Å². The van der Waals surface area contributed by atoms with E-state index in [0.717, 1.165) is 56.0 Å². The van der Waals surface area contributed by atoms with Crippen LogP contribution in [0.25, 0.3) is 0 Å². The topological polar surface area (TPSA) is 39.7 Å². The van der Waals surface area contributed by atoms with Crippen molar-refractivity contribution >= 4 is 17.1 Å². The summed E-state index contributed by atoms with van der Waals surface area (Å²) in [6.07, 6.45) is 6.66. The third kappa shape index (κ3) is 5.37. The first-order valence-corrected chi connectivity index (χ1v) is 11.6. The van der Waals surface area contributed by atoms with Gasteiger partial charge in [0.15, 0.2) is 0 Å². The number of hydrogen-bond donors (Lipinski definition) is 2. The second kappa shape index (κ2) is 10.6. The van der Waals surface area contributed by atoms with Gasteiger partial charge in [0, 0.05) is 43.5 Å².